The Bertz CT molecular complexity index is 521. The highest BCUT2D eigenvalue weighted by Crippen LogP contribution is 2.28. The van der Waals surface area contributed by atoms with Crippen molar-refractivity contribution in [2.24, 2.45) is 0 Å². The van der Waals surface area contributed by atoms with Crippen molar-refractivity contribution in [2.75, 3.05) is 33.9 Å². The summed E-state index contributed by atoms with van der Waals surface area (Å²) in [5.41, 5.74) is 1.18. The Morgan fingerprint density at radius 3 is 2.77 bits per heavy atom. The molecule has 0 N–H and O–H groups in total. The lowest BCUT2D eigenvalue weighted by atomic mass is 10.1. The number of rotatable bonds is 4. The molecule has 1 fully saturated rings. The predicted octanol–water partition coefficient (Wildman–Crippen LogP) is 1.13. The number of nitrogens with zero attached hydrogens (tertiary/aromatic N) is 2. The van der Waals surface area contributed by atoms with E-state index in [1.165, 1.54) is 15.4 Å². The van der Waals surface area contributed by atoms with Gasteiger partial charge in [0.25, 0.3) is 5.91 Å². The number of ether oxygens (including phenoxy) is 1. The van der Waals surface area contributed by atoms with Crippen molar-refractivity contribution < 1.29 is 14.3 Å². The SMILES string of the molecule is CN1CC(S)C(=O)N(C)C(S)(COCC2=CC=CCC2)C1=O. The van der Waals surface area contributed by atoms with Gasteiger partial charge in [-0.1, -0.05) is 18.2 Å². The predicted molar refractivity (Wildman–Crippen MR) is 92.2 cm³/mol. The van der Waals surface area contributed by atoms with Crippen LogP contribution < -0.4 is 0 Å². The number of carbonyl (C=O) groups is 2. The Hall–Kier alpha value is -0.920. The van der Waals surface area contributed by atoms with E-state index in [2.05, 4.69) is 31.3 Å². The van der Waals surface area contributed by atoms with Crippen LogP contribution in [0.15, 0.2) is 23.8 Å². The third-order valence-electron chi connectivity index (χ3n) is 4.00. The molecule has 1 saturated heterocycles. The largest absolute Gasteiger partial charge is 0.373 e. The molecule has 2 amide bonds. The standard InChI is InChI=1S/C15H22N2O3S2/c1-16-8-12(21)13(18)17(2)15(22,14(16)19)10-20-9-11-6-4-3-5-7-11/h3-4,6,12,21-22H,5,7-10H2,1-2H3. The minimum atomic E-state index is -1.30. The quantitative estimate of drug-likeness (QED) is 0.753. The van der Waals surface area contributed by atoms with Crippen LogP contribution in [0.1, 0.15) is 12.8 Å². The third kappa shape index (κ3) is 3.52. The van der Waals surface area contributed by atoms with Crippen molar-refractivity contribution >= 4 is 37.1 Å². The highest BCUT2D eigenvalue weighted by atomic mass is 32.1. The summed E-state index contributed by atoms with van der Waals surface area (Å²) in [6.07, 6.45) is 8.09. The van der Waals surface area contributed by atoms with Gasteiger partial charge in [-0.15, -0.1) is 12.6 Å². The Morgan fingerprint density at radius 1 is 1.41 bits per heavy atom. The first kappa shape index (κ1) is 17.4. The molecule has 1 aliphatic heterocycles. The van der Waals surface area contributed by atoms with Crippen molar-refractivity contribution in [3.63, 3.8) is 0 Å². The topological polar surface area (TPSA) is 49.9 Å². The van der Waals surface area contributed by atoms with Gasteiger partial charge in [0.15, 0.2) is 4.87 Å². The number of thiol groups is 2. The number of allylic oxidation sites excluding steroid dienone is 3. The summed E-state index contributed by atoms with van der Waals surface area (Å²) in [5.74, 6) is -0.472. The molecule has 1 heterocycles. The van der Waals surface area contributed by atoms with Crippen molar-refractivity contribution in [3.8, 4) is 0 Å². The zero-order valence-corrected chi connectivity index (χ0v) is 14.6. The molecule has 2 unspecified atom stereocenters. The molecule has 0 aromatic heterocycles. The number of amides is 2. The summed E-state index contributed by atoms with van der Waals surface area (Å²) in [6.45, 7) is 0.752. The van der Waals surface area contributed by atoms with Crippen LogP contribution in [0.25, 0.3) is 0 Å². The van der Waals surface area contributed by atoms with Gasteiger partial charge in [0, 0.05) is 20.6 Å². The number of hydrogen-bond acceptors (Lipinski definition) is 5. The first-order valence-electron chi connectivity index (χ1n) is 7.22. The van der Waals surface area contributed by atoms with Crippen molar-refractivity contribution in [2.45, 2.75) is 23.0 Å². The number of hydrogen-bond donors (Lipinski definition) is 2. The summed E-state index contributed by atoms with van der Waals surface area (Å²) in [5, 5.41) is -0.542. The van der Waals surface area contributed by atoms with E-state index >= 15 is 0 Å². The van der Waals surface area contributed by atoms with Crippen molar-refractivity contribution in [1.82, 2.24) is 9.80 Å². The molecule has 1 aliphatic carbocycles. The minimum absolute atomic E-state index is 0.0447. The second-order valence-corrected chi connectivity index (χ2v) is 7.06. The van der Waals surface area contributed by atoms with Crippen LogP contribution in [0.2, 0.25) is 0 Å². The first-order valence-corrected chi connectivity index (χ1v) is 8.18. The molecule has 5 nitrogen and oxygen atoms in total. The van der Waals surface area contributed by atoms with Crippen molar-refractivity contribution in [1.29, 1.82) is 0 Å². The van der Waals surface area contributed by atoms with Gasteiger partial charge >= 0.3 is 0 Å². The fraction of sp³-hybridized carbons (Fsp3) is 0.600. The zero-order chi connectivity index (χ0) is 16.3. The van der Waals surface area contributed by atoms with E-state index in [0.29, 0.717) is 6.61 Å². The lowest BCUT2D eigenvalue weighted by Crippen LogP contribution is -2.56. The Balaban J connectivity index is 2.07. The van der Waals surface area contributed by atoms with Gasteiger partial charge in [-0.25, -0.2) is 0 Å². The molecular formula is C15H22N2O3S2. The van der Waals surface area contributed by atoms with Gasteiger partial charge in [0.2, 0.25) is 5.91 Å². The van der Waals surface area contributed by atoms with Crippen LogP contribution in [0.4, 0.5) is 0 Å². The molecule has 2 aliphatic rings. The Morgan fingerprint density at radius 2 is 2.14 bits per heavy atom. The molecule has 0 aromatic carbocycles. The van der Waals surface area contributed by atoms with Crippen LogP contribution in [0.5, 0.6) is 0 Å². The third-order valence-corrected chi connectivity index (χ3v) is 5.00. The van der Waals surface area contributed by atoms with Crippen molar-refractivity contribution in [3.05, 3.63) is 23.8 Å². The van der Waals surface area contributed by atoms with Gasteiger partial charge in [-0.3, -0.25) is 9.59 Å². The number of likely N-dealkylation sites (N-methyl/N-ethyl adjacent to an activating group) is 2. The van der Waals surface area contributed by atoms with E-state index in [4.69, 9.17) is 4.74 Å². The molecule has 2 atom stereocenters. The maximum absolute atomic E-state index is 12.6. The van der Waals surface area contributed by atoms with Crippen LogP contribution >= 0.6 is 25.3 Å². The van der Waals surface area contributed by atoms with Crippen LogP contribution in [0, 0.1) is 0 Å². The van der Waals surface area contributed by atoms with Gasteiger partial charge < -0.3 is 14.5 Å². The Kier molecular flexibility index (Phi) is 5.63. The fourth-order valence-corrected chi connectivity index (χ4v) is 3.31. The van der Waals surface area contributed by atoms with Gasteiger partial charge in [-0.05, 0) is 18.4 Å². The van der Waals surface area contributed by atoms with Gasteiger partial charge in [-0.2, -0.15) is 12.6 Å². The van der Waals surface area contributed by atoms with Crippen LogP contribution in [0.3, 0.4) is 0 Å². The van der Waals surface area contributed by atoms with E-state index < -0.39 is 10.1 Å². The molecule has 7 heteroatoms. The van der Waals surface area contributed by atoms with E-state index in [1.54, 1.807) is 14.1 Å². The maximum atomic E-state index is 12.6. The highest BCUT2D eigenvalue weighted by Gasteiger charge is 2.47. The summed E-state index contributed by atoms with van der Waals surface area (Å²) in [6, 6.07) is 0. The summed E-state index contributed by atoms with van der Waals surface area (Å²) in [4.78, 5) is 26.4. The van der Waals surface area contributed by atoms with Gasteiger partial charge in [0.1, 0.15) is 0 Å². The Labute approximate surface area is 142 Å². The molecule has 0 bridgehead atoms. The average Bonchev–Trinajstić information content (AvgIpc) is 2.56. The summed E-state index contributed by atoms with van der Waals surface area (Å²) < 4.78 is 5.70. The molecule has 0 radical (unpaired) electrons. The summed E-state index contributed by atoms with van der Waals surface area (Å²) >= 11 is 8.75. The molecule has 0 spiro atoms. The first-order chi connectivity index (χ1) is 10.4. The molecular weight excluding hydrogens is 320 g/mol. The normalized spacial score (nSPS) is 29.6. The zero-order valence-electron chi connectivity index (χ0n) is 12.9. The van der Waals surface area contributed by atoms with E-state index in [9.17, 15) is 9.59 Å². The molecule has 22 heavy (non-hydrogen) atoms. The van der Waals surface area contributed by atoms with Crippen LogP contribution in [-0.2, 0) is 14.3 Å². The minimum Gasteiger partial charge on any atom is -0.373 e. The molecule has 0 saturated carbocycles. The van der Waals surface area contributed by atoms with Gasteiger partial charge in [0.05, 0.1) is 18.5 Å². The van der Waals surface area contributed by atoms with E-state index in [1.807, 2.05) is 12.2 Å². The smallest absolute Gasteiger partial charge is 0.261 e. The second-order valence-electron chi connectivity index (χ2n) is 5.70. The monoisotopic (exact) mass is 342 g/mol. The molecule has 122 valence electrons. The average molecular weight is 342 g/mol. The lowest BCUT2D eigenvalue weighted by molar-refractivity contribution is -0.144. The second kappa shape index (κ2) is 7.10. The molecule has 0 aromatic rings. The van der Waals surface area contributed by atoms with E-state index in [-0.39, 0.29) is 25.0 Å². The number of carbonyl (C=O) groups excluding carboxylic acids is 2. The fourth-order valence-electron chi connectivity index (χ4n) is 2.53. The maximum Gasteiger partial charge on any atom is 0.261 e. The van der Waals surface area contributed by atoms with Crippen LogP contribution in [-0.4, -0.2) is 65.6 Å². The van der Waals surface area contributed by atoms with E-state index in [0.717, 1.165) is 12.8 Å². The lowest BCUT2D eigenvalue weighted by Gasteiger charge is -2.35. The molecule has 2 rings (SSSR count). The summed E-state index contributed by atoms with van der Waals surface area (Å²) in [7, 11) is 3.22. The highest BCUT2D eigenvalue weighted by molar-refractivity contribution is 7.83.